The molecule has 4 N–H and O–H groups in total. The molecule has 8 nitrogen and oxygen atoms in total. The van der Waals surface area contributed by atoms with Gasteiger partial charge in [0, 0.05) is 36.1 Å². The Balaban J connectivity index is 1.48. The van der Waals surface area contributed by atoms with Gasteiger partial charge in [0.1, 0.15) is 18.2 Å². The summed E-state index contributed by atoms with van der Waals surface area (Å²) in [5.41, 5.74) is -0.158. The number of aromatic nitrogens is 1. The number of carbonyl (C=O) groups excluding carboxylic acids is 2. The zero-order chi connectivity index (χ0) is 26.1. The summed E-state index contributed by atoms with van der Waals surface area (Å²) in [6.07, 6.45) is 1.10. The second-order valence-electron chi connectivity index (χ2n) is 9.08. The van der Waals surface area contributed by atoms with Gasteiger partial charge in [0.2, 0.25) is 5.91 Å². The molecular formula is C26H30ClFN4O4. The minimum absolute atomic E-state index is 0.156. The van der Waals surface area contributed by atoms with E-state index < -0.39 is 23.6 Å². The summed E-state index contributed by atoms with van der Waals surface area (Å²) in [5, 5.41) is 20.6. The number of carbonyl (C=O) groups is 2. The molecule has 0 radical (unpaired) electrons. The van der Waals surface area contributed by atoms with Crippen LogP contribution in [-0.2, 0) is 16.1 Å². The van der Waals surface area contributed by atoms with Gasteiger partial charge in [0.15, 0.2) is 0 Å². The van der Waals surface area contributed by atoms with Gasteiger partial charge >= 0.3 is 6.09 Å². The summed E-state index contributed by atoms with van der Waals surface area (Å²) < 4.78 is 18.7. The molecule has 3 aromatic rings. The van der Waals surface area contributed by atoms with Crippen LogP contribution >= 0.6 is 11.6 Å². The number of fused-ring (bicyclic) bond motifs is 1. The number of ether oxygens (including phenoxy) is 1. The monoisotopic (exact) mass is 516 g/mol. The van der Waals surface area contributed by atoms with Gasteiger partial charge in [-0.1, -0.05) is 29.8 Å². The predicted octanol–water partition coefficient (Wildman–Crippen LogP) is 4.40. The molecule has 0 aliphatic carbocycles. The number of amides is 2. The Morgan fingerprint density at radius 2 is 1.94 bits per heavy atom. The Labute approximate surface area is 214 Å². The summed E-state index contributed by atoms with van der Waals surface area (Å²) in [6, 6.07) is 12.6. The second kappa shape index (κ2) is 12.6. The fraction of sp³-hybridized carbons (Fsp3) is 0.346. The molecular weight excluding hydrogens is 487 g/mol. The average molecular weight is 517 g/mol. The molecule has 3 rings (SSSR count). The van der Waals surface area contributed by atoms with E-state index in [4.69, 9.17) is 16.3 Å². The van der Waals surface area contributed by atoms with Crippen molar-refractivity contribution in [2.75, 3.05) is 18.5 Å². The SMILES string of the molecule is CC(C)(O)C[C@@H](COC(=O)Nc1cc2cc(F)ccc2cn1)NC(=O)CCNCc1ccccc1Cl. The van der Waals surface area contributed by atoms with Gasteiger partial charge in [-0.2, -0.15) is 0 Å². The topological polar surface area (TPSA) is 113 Å². The van der Waals surface area contributed by atoms with Crippen LogP contribution in [-0.4, -0.2) is 46.9 Å². The first-order valence-electron chi connectivity index (χ1n) is 11.5. The standard InChI is InChI=1S/C26H30ClFN4O4/c1-26(2,35)13-21(31-24(33)9-10-29-14-18-5-3-4-6-22(18)27)16-36-25(34)32-23-12-19-11-20(28)8-7-17(19)15-30-23/h3-8,11-12,15,21,29,35H,9-10,13-14,16H2,1-2H3,(H,31,33)(H,30,32,34)/t21-/m0/s1. The Kier molecular flexibility index (Phi) is 9.58. The minimum Gasteiger partial charge on any atom is -0.447 e. The summed E-state index contributed by atoms with van der Waals surface area (Å²) in [7, 11) is 0. The number of hydrogen-bond donors (Lipinski definition) is 4. The maximum absolute atomic E-state index is 13.5. The van der Waals surface area contributed by atoms with Crippen molar-refractivity contribution in [3.05, 3.63) is 71.1 Å². The molecule has 0 fully saturated rings. The van der Waals surface area contributed by atoms with E-state index in [1.54, 1.807) is 26.0 Å². The smallest absolute Gasteiger partial charge is 0.412 e. The molecule has 0 spiro atoms. The molecule has 2 amide bonds. The number of pyridine rings is 1. The Morgan fingerprint density at radius 1 is 1.17 bits per heavy atom. The van der Waals surface area contributed by atoms with Crippen LogP contribution in [0.5, 0.6) is 0 Å². The van der Waals surface area contributed by atoms with Crippen molar-refractivity contribution in [2.45, 2.75) is 44.9 Å². The number of halogens is 2. The third-order valence-electron chi connectivity index (χ3n) is 5.24. The normalized spacial score (nSPS) is 12.2. The molecule has 0 saturated carbocycles. The van der Waals surface area contributed by atoms with Gasteiger partial charge in [-0.05, 0) is 61.5 Å². The van der Waals surface area contributed by atoms with Gasteiger partial charge in [0.05, 0.1) is 11.6 Å². The molecule has 1 heterocycles. The predicted molar refractivity (Wildman–Crippen MR) is 137 cm³/mol. The summed E-state index contributed by atoms with van der Waals surface area (Å²) in [4.78, 5) is 28.9. The van der Waals surface area contributed by atoms with Crippen LogP contribution in [0.1, 0.15) is 32.3 Å². The molecule has 36 heavy (non-hydrogen) atoms. The molecule has 0 bridgehead atoms. The van der Waals surface area contributed by atoms with E-state index in [0.717, 1.165) is 10.9 Å². The van der Waals surface area contributed by atoms with E-state index in [2.05, 4.69) is 20.9 Å². The number of aliphatic hydroxyl groups is 1. The van der Waals surface area contributed by atoms with E-state index in [0.29, 0.717) is 23.5 Å². The van der Waals surface area contributed by atoms with E-state index in [9.17, 15) is 19.1 Å². The van der Waals surface area contributed by atoms with E-state index in [1.165, 1.54) is 24.4 Å². The molecule has 0 aliphatic heterocycles. The van der Waals surface area contributed by atoms with Crippen molar-refractivity contribution >= 4 is 40.2 Å². The third kappa shape index (κ3) is 9.07. The third-order valence-corrected chi connectivity index (χ3v) is 5.61. The largest absolute Gasteiger partial charge is 0.447 e. The number of hydrogen-bond acceptors (Lipinski definition) is 6. The van der Waals surface area contributed by atoms with E-state index in [1.807, 2.05) is 18.2 Å². The Morgan fingerprint density at radius 3 is 2.69 bits per heavy atom. The van der Waals surface area contributed by atoms with Gasteiger partial charge in [-0.15, -0.1) is 0 Å². The number of nitrogens with zero attached hydrogens (tertiary/aromatic N) is 1. The molecule has 1 aromatic heterocycles. The van der Waals surface area contributed by atoms with Crippen molar-refractivity contribution in [2.24, 2.45) is 0 Å². The van der Waals surface area contributed by atoms with Gasteiger partial charge in [-0.3, -0.25) is 10.1 Å². The molecule has 0 aliphatic rings. The average Bonchev–Trinajstić information content (AvgIpc) is 2.80. The van der Waals surface area contributed by atoms with Crippen LogP contribution in [0.4, 0.5) is 15.0 Å². The lowest BCUT2D eigenvalue weighted by Crippen LogP contribution is -2.44. The van der Waals surface area contributed by atoms with Crippen molar-refractivity contribution < 1.29 is 23.8 Å². The van der Waals surface area contributed by atoms with Crippen molar-refractivity contribution in [3.63, 3.8) is 0 Å². The van der Waals surface area contributed by atoms with Gasteiger partial charge in [-0.25, -0.2) is 14.2 Å². The zero-order valence-corrected chi connectivity index (χ0v) is 20.9. The maximum Gasteiger partial charge on any atom is 0.412 e. The Bertz CT molecular complexity index is 1200. The highest BCUT2D eigenvalue weighted by Gasteiger charge is 2.23. The lowest BCUT2D eigenvalue weighted by atomic mass is 9.99. The minimum atomic E-state index is -1.09. The zero-order valence-electron chi connectivity index (χ0n) is 20.2. The highest BCUT2D eigenvalue weighted by Crippen LogP contribution is 2.18. The molecule has 0 saturated heterocycles. The van der Waals surface area contributed by atoms with E-state index >= 15 is 0 Å². The van der Waals surface area contributed by atoms with Crippen LogP contribution < -0.4 is 16.0 Å². The van der Waals surface area contributed by atoms with Crippen LogP contribution in [0.3, 0.4) is 0 Å². The second-order valence-corrected chi connectivity index (χ2v) is 9.49. The summed E-state index contributed by atoms with van der Waals surface area (Å²) in [5.74, 6) is -0.449. The number of nitrogens with one attached hydrogen (secondary N) is 3. The van der Waals surface area contributed by atoms with Gasteiger partial charge in [0.25, 0.3) is 0 Å². The molecule has 10 heteroatoms. The first-order valence-corrected chi connectivity index (χ1v) is 11.9. The quantitative estimate of drug-likeness (QED) is 0.281. The highest BCUT2D eigenvalue weighted by molar-refractivity contribution is 6.31. The van der Waals surface area contributed by atoms with Crippen LogP contribution in [0.2, 0.25) is 5.02 Å². The molecule has 1 atom stereocenters. The first-order chi connectivity index (χ1) is 17.1. The van der Waals surface area contributed by atoms with Crippen LogP contribution in [0.15, 0.2) is 54.7 Å². The fourth-order valence-corrected chi connectivity index (χ4v) is 3.82. The van der Waals surface area contributed by atoms with Gasteiger partial charge < -0.3 is 20.5 Å². The van der Waals surface area contributed by atoms with E-state index in [-0.39, 0.29) is 31.2 Å². The highest BCUT2D eigenvalue weighted by atomic mass is 35.5. The lowest BCUT2D eigenvalue weighted by molar-refractivity contribution is -0.122. The number of anilines is 1. The van der Waals surface area contributed by atoms with Crippen molar-refractivity contribution in [1.29, 1.82) is 0 Å². The van der Waals surface area contributed by atoms with Crippen molar-refractivity contribution in [3.8, 4) is 0 Å². The maximum atomic E-state index is 13.5. The summed E-state index contributed by atoms with van der Waals surface area (Å²) in [6.45, 7) is 4.00. The molecule has 2 aromatic carbocycles. The number of rotatable bonds is 11. The molecule has 0 unspecified atom stereocenters. The van der Waals surface area contributed by atoms with Crippen LogP contribution in [0.25, 0.3) is 10.8 Å². The van der Waals surface area contributed by atoms with Crippen LogP contribution in [0, 0.1) is 5.82 Å². The Hall–Kier alpha value is -3.27. The first kappa shape index (κ1) is 27.3. The summed E-state index contributed by atoms with van der Waals surface area (Å²) >= 11 is 6.13. The lowest BCUT2D eigenvalue weighted by Gasteiger charge is -2.25. The number of benzene rings is 2. The fourth-order valence-electron chi connectivity index (χ4n) is 3.62. The molecule has 192 valence electrons. The van der Waals surface area contributed by atoms with Crippen molar-refractivity contribution in [1.82, 2.24) is 15.6 Å².